The molecule has 0 spiro atoms. The predicted molar refractivity (Wildman–Crippen MR) is 79.9 cm³/mol. The van der Waals surface area contributed by atoms with E-state index in [0.29, 0.717) is 0 Å². The third-order valence-corrected chi connectivity index (χ3v) is 3.06. The zero-order valence-electron chi connectivity index (χ0n) is 11.9. The molecule has 0 aromatic heterocycles. The monoisotopic (exact) mass is 306 g/mol. The van der Waals surface area contributed by atoms with Crippen LogP contribution >= 0.6 is 0 Å². The fourth-order valence-corrected chi connectivity index (χ4v) is 1.72. The molecule has 1 rings (SSSR count). The first-order valence-electron chi connectivity index (χ1n) is 6.48. The summed E-state index contributed by atoms with van der Waals surface area (Å²) in [5.41, 5.74) is 6.07. The summed E-state index contributed by atoms with van der Waals surface area (Å²) in [6.07, 6.45) is 5.49. The molecule has 0 bridgehead atoms. The Labute approximate surface area is 127 Å². The van der Waals surface area contributed by atoms with Gasteiger partial charge in [-0.15, -0.1) is 6.42 Å². The number of primary amides is 1. The van der Waals surface area contributed by atoms with E-state index in [4.69, 9.17) is 12.2 Å². The average Bonchev–Trinajstić information content (AvgIpc) is 2.49. The maximum absolute atomic E-state index is 12.7. The number of allylic oxidation sites excluding steroid dienone is 1. The second kappa shape index (κ2) is 7.93. The minimum absolute atomic E-state index is 0.227. The fraction of sp³-hybridized carbons (Fsp3) is 0.250. The minimum Gasteiger partial charge on any atom is -0.368 e. The Balaban J connectivity index is 2.84. The molecule has 1 aromatic carbocycles. The van der Waals surface area contributed by atoms with Crippen LogP contribution < -0.4 is 11.1 Å². The van der Waals surface area contributed by atoms with Crippen molar-refractivity contribution in [3.63, 3.8) is 0 Å². The van der Waals surface area contributed by atoms with Crippen LogP contribution in [0, 0.1) is 18.3 Å². The number of rotatable bonds is 6. The second-order valence-corrected chi connectivity index (χ2v) is 4.67. The number of hydrogen-bond donors (Lipinski definition) is 2. The predicted octanol–water partition coefficient (Wildman–Crippen LogP) is 1.82. The first-order valence-corrected chi connectivity index (χ1v) is 6.48. The molecule has 6 heteroatoms. The summed E-state index contributed by atoms with van der Waals surface area (Å²) in [5.74, 6) is -0.697. The van der Waals surface area contributed by atoms with E-state index >= 15 is 0 Å². The van der Waals surface area contributed by atoms with E-state index < -0.39 is 30.2 Å². The van der Waals surface area contributed by atoms with Gasteiger partial charge < -0.3 is 11.1 Å². The van der Waals surface area contributed by atoms with Gasteiger partial charge in [-0.05, 0) is 29.8 Å². The number of benzene rings is 1. The SMILES string of the molecule is C#C/C=C/c1ccc(C(=O)NC(C(N)=O)C(C)C(F)F)cc1. The zero-order chi connectivity index (χ0) is 16.7. The second-order valence-electron chi connectivity index (χ2n) is 4.67. The Hall–Kier alpha value is -2.68. The standard InChI is InChI=1S/C16H16F2N2O2/c1-3-4-5-11-6-8-12(9-7-11)16(22)20-13(15(19)21)10(2)14(17)18/h1,4-10,13-14H,2H3,(H2,19,21)(H,20,22)/b5-4+. The molecule has 0 fully saturated rings. The van der Waals surface area contributed by atoms with Crippen LogP contribution in [0.4, 0.5) is 8.78 Å². The van der Waals surface area contributed by atoms with Crippen molar-refractivity contribution in [1.82, 2.24) is 5.32 Å². The molecule has 1 aromatic rings. The van der Waals surface area contributed by atoms with Gasteiger partial charge >= 0.3 is 0 Å². The van der Waals surface area contributed by atoms with E-state index in [1.165, 1.54) is 18.2 Å². The van der Waals surface area contributed by atoms with Crippen molar-refractivity contribution >= 4 is 17.9 Å². The molecule has 0 aliphatic rings. The van der Waals surface area contributed by atoms with E-state index in [2.05, 4.69) is 11.2 Å². The number of amides is 2. The molecule has 2 unspecified atom stereocenters. The number of nitrogens with one attached hydrogen (secondary N) is 1. The highest BCUT2D eigenvalue weighted by molar-refractivity contribution is 5.97. The lowest BCUT2D eigenvalue weighted by atomic mass is 10.0. The van der Waals surface area contributed by atoms with Crippen molar-refractivity contribution < 1.29 is 18.4 Å². The van der Waals surface area contributed by atoms with E-state index in [1.807, 2.05) is 0 Å². The zero-order valence-corrected chi connectivity index (χ0v) is 11.9. The van der Waals surface area contributed by atoms with Gasteiger partial charge in [-0.25, -0.2) is 8.78 Å². The molecule has 0 heterocycles. The fourth-order valence-electron chi connectivity index (χ4n) is 1.72. The van der Waals surface area contributed by atoms with Crippen LogP contribution in [0.15, 0.2) is 30.3 Å². The molecule has 0 aliphatic heterocycles. The summed E-state index contributed by atoms with van der Waals surface area (Å²) in [6, 6.07) is 4.83. The molecule has 0 aliphatic carbocycles. The Morgan fingerprint density at radius 3 is 2.36 bits per heavy atom. The van der Waals surface area contributed by atoms with Gasteiger partial charge in [0.25, 0.3) is 5.91 Å². The van der Waals surface area contributed by atoms with Crippen LogP contribution in [0.25, 0.3) is 6.08 Å². The van der Waals surface area contributed by atoms with Gasteiger partial charge in [0, 0.05) is 11.5 Å². The topological polar surface area (TPSA) is 72.2 Å². The van der Waals surface area contributed by atoms with E-state index in [9.17, 15) is 18.4 Å². The highest BCUT2D eigenvalue weighted by atomic mass is 19.3. The number of carbonyl (C=O) groups excluding carboxylic acids is 2. The number of carbonyl (C=O) groups is 2. The third-order valence-electron chi connectivity index (χ3n) is 3.06. The van der Waals surface area contributed by atoms with Crippen molar-refractivity contribution in [2.45, 2.75) is 19.4 Å². The number of alkyl halides is 2. The minimum atomic E-state index is -2.77. The largest absolute Gasteiger partial charge is 0.368 e. The van der Waals surface area contributed by atoms with Gasteiger partial charge in [-0.1, -0.05) is 25.0 Å². The Morgan fingerprint density at radius 1 is 1.32 bits per heavy atom. The smallest absolute Gasteiger partial charge is 0.251 e. The number of nitrogens with two attached hydrogens (primary N) is 1. The van der Waals surface area contributed by atoms with Gasteiger partial charge in [0.2, 0.25) is 12.3 Å². The van der Waals surface area contributed by atoms with Crippen molar-refractivity contribution in [3.8, 4) is 12.3 Å². The Kier molecular flexibility index (Phi) is 6.26. The first-order chi connectivity index (χ1) is 10.4. The van der Waals surface area contributed by atoms with Crippen molar-refractivity contribution in [2.24, 2.45) is 11.7 Å². The highest BCUT2D eigenvalue weighted by Crippen LogP contribution is 2.14. The molecule has 116 valence electrons. The maximum Gasteiger partial charge on any atom is 0.251 e. The van der Waals surface area contributed by atoms with Crippen molar-refractivity contribution in [2.75, 3.05) is 0 Å². The summed E-state index contributed by atoms with van der Waals surface area (Å²) < 4.78 is 25.4. The number of hydrogen-bond acceptors (Lipinski definition) is 2. The number of halogens is 2. The Morgan fingerprint density at radius 2 is 1.91 bits per heavy atom. The molecule has 3 N–H and O–H groups in total. The lowest BCUT2D eigenvalue weighted by Gasteiger charge is -2.21. The average molecular weight is 306 g/mol. The summed E-state index contributed by atoms with van der Waals surface area (Å²) in [5, 5.41) is 2.23. The van der Waals surface area contributed by atoms with Crippen LogP contribution in [0.3, 0.4) is 0 Å². The lowest BCUT2D eigenvalue weighted by Crippen LogP contribution is -2.50. The Bertz CT molecular complexity index is 604. The third kappa shape index (κ3) is 4.70. The van der Waals surface area contributed by atoms with Crippen molar-refractivity contribution in [1.29, 1.82) is 0 Å². The molecule has 22 heavy (non-hydrogen) atoms. The van der Waals surface area contributed by atoms with Crippen LogP contribution in [0.2, 0.25) is 0 Å². The molecular weight excluding hydrogens is 290 g/mol. The van der Waals surface area contributed by atoms with Gasteiger partial charge in [-0.3, -0.25) is 9.59 Å². The molecule has 0 radical (unpaired) electrons. The van der Waals surface area contributed by atoms with Gasteiger partial charge in [-0.2, -0.15) is 0 Å². The van der Waals surface area contributed by atoms with Gasteiger partial charge in [0.1, 0.15) is 6.04 Å². The number of terminal acetylenes is 1. The van der Waals surface area contributed by atoms with Gasteiger partial charge in [0.05, 0.1) is 0 Å². The van der Waals surface area contributed by atoms with Crippen LogP contribution in [-0.4, -0.2) is 24.3 Å². The highest BCUT2D eigenvalue weighted by Gasteiger charge is 2.31. The molecule has 0 saturated heterocycles. The maximum atomic E-state index is 12.7. The van der Waals surface area contributed by atoms with Crippen LogP contribution in [0.5, 0.6) is 0 Å². The first kappa shape index (κ1) is 17.4. The molecule has 2 amide bonds. The lowest BCUT2D eigenvalue weighted by molar-refractivity contribution is -0.122. The summed E-state index contributed by atoms with van der Waals surface area (Å²) >= 11 is 0. The van der Waals surface area contributed by atoms with E-state index in [-0.39, 0.29) is 5.56 Å². The molecule has 2 atom stereocenters. The van der Waals surface area contributed by atoms with Crippen molar-refractivity contribution in [3.05, 3.63) is 41.5 Å². The van der Waals surface area contributed by atoms with Crippen LogP contribution in [0.1, 0.15) is 22.8 Å². The summed E-state index contributed by atoms with van der Waals surface area (Å²) in [7, 11) is 0. The normalized spacial score (nSPS) is 13.6. The van der Waals surface area contributed by atoms with E-state index in [0.717, 1.165) is 12.5 Å². The van der Waals surface area contributed by atoms with Gasteiger partial charge in [0.15, 0.2) is 0 Å². The molecule has 4 nitrogen and oxygen atoms in total. The molecule has 0 saturated carbocycles. The molecular formula is C16H16F2N2O2. The van der Waals surface area contributed by atoms with E-state index in [1.54, 1.807) is 18.2 Å². The quantitative estimate of drug-likeness (QED) is 0.787. The summed E-state index contributed by atoms with van der Waals surface area (Å²) in [4.78, 5) is 23.2. The van der Waals surface area contributed by atoms with Crippen LogP contribution in [-0.2, 0) is 4.79 Å². The summed E-state index contributed by atoms with van der Waals surface area (Å²) in [6.45, 7) is 1.15.